The SMILES string of the molecule is COC(=O)c1cccc(N2C(=O)C(Cl)=C(Nc3ccc(CC(=O)Nc4ccccc4)cc3)C2=O)c1. The molecule has 0 aliphatic carbocycles. The summed E-state index contributed by atoms with van der Waals surface area (Å²) in [5, 5.41) is 5.43. The number of ether oxygens (including phenoxy) is 1. The molecule has 0 saturated carbocycles. The third-order valence-corrected chi connectivity index (χ3v) is 5.55. The summed E-state index contributed by atoms with van der Waals surface area (Å²) in [7, 11) is 1.24. The van der Waals surface area contributed by atoms with Gasteiger partial charge in [0.2, 0.25) is 5.91 Å². The maximum Gasteiger partial charge on any atom is 0.337 e. The largest absolute Gasteiger partial charge is 0.465 e. The van der Waals surface area contributed by atoms with E-state index in [1.807, 2.05) is 18.2 Å². The molecule has 1 aliphatic heterocycles. The third kappa shape index (κ3) is 5.23. The Balaban J connectivity index is 1.44. The molecule has 9 heteroatoms. The van der Waals surface area contributed by atoms with E-state index in [2.05, 4.69) is 10.6 Å². The number of hydrogen-bond donors (Lipinski definition) is 2. The van der Waals surface area contributed by atoms with E-state index in [1.165, 1.54) is 31.4 Å². The molecule has 8 nitrogen and oxygen atoms in total. The molecule has 0 bridgehead atoms. The molecule has 35 heavy (non-hydrogen) atoms. The molecule has 3 aromatic carbocycles. The van der Waals surface area contributed by atoms with E-state index in [0.717, 1.165) is 10.5 Å². The van der Waals surface area contributed by atoms with Gasteiger partial charge in [-0.3, -0.25) is 14.4 Å². The number of hydrogen-bond acceptors (Lipinski definition) is 6. The third-order valence-electron chi connectivity index (χ3n) is 5.20. The van der Waals surface area contributed by atoms with Crippen LogP contribution in [0.2, 0.25) is 0 Å². The lowest BCUT2D eigenvalue weighted by Crippen LogP contribution is -2.32. The summed E-state index contributed by atoms with van der Waals surface area (Å²) >= 11 is 6.19. The van der Waals surface area contributed by atoms with Crippen molar-refractivity contribution in [2.75, 3.05) is 22.6 Å². The molecule has 2 N–H and O–H groups in total. The van der Waals surface area contributed by atoms with Gasteiger partial charge in [0.1, 0.15) is 10.7 Å². The number of imide groups is 1. The zero-order chi connectivity index (χ0) is 24.9. The monoisotopic (exact) mass is 489 g/mol. The van der Waals surface area contributed by atoms with Gasteiger partial charge in [0.15, 0.2) is 0 Å². The van der Waals surface area contributed by atoms with Crippen molar-refractivity contribution in [3.8, 4) is 0 Å². The summed E-state index contributed by atoms with van der Waals surface area (Å²) < 4.78 is 4.69. The fourth-order valence-electron chi connectivity index (χ4n) is 3.50. The van der Waals surface area contributed by atoms with Crippen LogP contribution in [-0.2, 0) is 25.5 Å². The van der Waals surface area contributed by atoms with Crippen molar-refractivity contribution < 1.29 is 23.9 Å². The average Bonchev–Trinajstić information content (AvgIpc) is 3.08. The molecule has 176 valence electrons. The van der Waals surface area contributed by atoms with Crippen LogP contribution < -0.4 is 15.5 Å². The highest BCUT2D eigenvalue weighted by Crippen LogP contribution is 2.30. The standard InChI is InChI=1S/C26H20ClN3O5/c1-35-26(34)17-6-5-9-20(15-17)30-24(32)22(27)23(25(30)33)29-19-12-10-16(11-13-19)14-21(31)28-18-7-3-2-4-8-18/h2-13,15,29H,14H2,1H3,(H,28,31). The van der Waals surface area contributed by atoms with Crippen molar-refractivity contribution in [3.05, 3.63) is 101 Å². The minimum atomic E-state index is -0.713. The van der Waals surface area contributed by atoms with Crippen LogP contribution in [0.15, 0.2) is 89.6 Å². The summed E-state index contributed by atoms with van der Waals surface area (Å²) in [6.45, 7) is 0. The number of para-hydroxylation sites is 1. The predicted octanol–water partition coefficient (Wildman–Crippen LogP) is 4.09. The number of esters is 1. The molecular formula is C26H20ClN3O5. The van der Waals surface area contributed by atoms with Crippen LogP contribution in [-0.4, -0.2) is 30.8 Å². The lowest BCUT2D eigenvalue weighted by Gasteiger charge is -2.16. The Labute approximate surface area is 206 Å². The fraction of sp³-hybridized carbons (Fsp3) is 0.0769. The number of amides is 3. The lowest BCUT2D eigenvalue weighted by atomic mass is 10.1. The zero-order valence-electron chi connectivity index (χ0n) is 18.6. The van der Waals surface area contributed by atoms with Crippen LogP contribution in [0.1, 0.15) is 15.9 Å². The molecular weight excluding hydrogens is 470 g/mol. The van der Waals surface area contributed by atoms with Gasteiger partial charge in [0, 0.05) is 11.4 Å². The molecule has 0 saturated heterocycles. The second kappa shape index (κ2) is 10.2. The van der Waals surface area contributed by atoms with Crippen molar-refractivity contribution in [2.45, 2.75) is 6.42 Å². The van der Waals surface area contributed by atoms with Gasteiger partial charge in [-0.05, 0) is 48.0 Å². The molecule has 3 aromatic rings. The van der Waals surface area contributed by atoms with Crippen LogP contribution in [0, 0.1) is 0 Å². The maximum absolute atomic E-state index is 13.0. The van der Waals surface area contributed by atoms with Crippen LogP contribution in [0.4, 0.5) is 17.1 Å². The highest BCUT2D eigenvalue weighted by molar-refractivity contribution is 6.53. The smallest absolute Gasteiger partial charge is 0.337 e. The average molecular weight is 490 g/mol. The Morgan fingerprint density at radius 3 is 2.29 bits per heavy atom. The molecule has 0 unspecified atom stereocenters. The van der Waals surface area contributed by atoms with Crippen molar-refractivity contribution in [1.82, 2.24) is 0 Å². The fourth-order valence-corrected chi connectivity index (χ4v) is 3.71. The summed E-state index contributed by atoms with van der Waals surface area (Å²) in [5.74, 6) is -2.13. The first kappa shape index (κ1) is 23.7. The van der Waals surface area contributed by atoms with E-state index in [4.69, 9.17) is 16.3 Å². The summed E-state index contributed by atoms with van der Waals surface area (Å²) in [6.07, 6.45) is 0.167. The summed E-state index contributed by atoms with van der Waals surface area (Å²) in [4.78, 5) is 50.7. The number of nitrogens with one attached hydrogen (secondary N) is 2. The van der Waals surface area contributed by atoms with Gasteiger partial charge < -0.3 is 15.4 Å². The Morgan fingerprint density at radius 2 is 1.60 bits per heavy atom. The Hall–Kier alpha value is -4.43. The van der Waals surface area contributed by atoms with Crippen LogP contribution in [0.25, 0.3) is 0 Å². The summed E-state index contributed by atoms with van der Waals surface area (Å²) in [6, 6.07) is 21.9. The normalized spacial score (nSPS) is 13.1. The van der Waals surface area contributed by atoms with Gasteiger partial charge >= 0.3 is 5.97 Å². The number of rotatable bonds is 7. The number of benzene rings is 3. The van der Waals surface area contributed by atoms with Crippen LogP contribution >= 0.6 is 11.6 Å². The van der Waals surface area contributed by atoms with Crippen LogP contribution in [0.3, 0.4) is 0 Å². The number of carbonyl (C=O) groups excluding carboxylic acids is 4. The highest BCUT2D eigenvalue weighted by Gasteiger charge is 2.39. The van der Waals surface area contributed by atoms with Gasteiger partial charge in [-0.1, -0.05) is 48.0 Å². The number of carbonyl (C=O) groups is 4. The maximum atomic E-state index is 13.0. The second-order valence-corrected chi connectivity index (χ2v) is 7.97. The first-order valence-electron chi connectivity index (χ1n) is 10.5. The molecule has 0 atom stereocenters. The van der Waals surface area contributed by atoms with E-state index in [1.54, 1.807) is 36.4 Å². The van der Waals surface area contributed by atoms with E-state index in [9.17, 15) is 19.2 Å². The minimum Gasteiger partial charge on any atom is -0.465 e. The van der Waals surface area contributed by atoms with Gasteiger partial charge in [0.25, 0.3) is 11.8 Å². The quantitative estimate of drug-likeness (QED) is 0.382. The number of anilines is 3. The predicted molar refractivity (Wildman–Crippen MR) is 132 cm³/mol. The van der Waals surface area contributed by atoms with Crippen LogP contribution in [0.5, 0.6) is 0 Å². The number of halogens is 1. The Bertz CT molecular complexity index is 1340. The molecule has 1 aliphatic rings. The first-order valence-corrected chi connectivity index (χ1v) is 10.9. The van der Waals surface area contributed by atoms with Gasteiger partial charge in [-0.2, -0.15) is 0 Å². The molecule has 0 spiro atoms. The minimum absolute atomic E-state index is 0.0882. The van der Waals surface area contributed by atoms with Gasteiger partial charge in [-0.15, -0.1) is 0 Å². The topological polar surface area (TPSA) is 105 Å². The number of nitrogens with zero attached hydrogens (tertiary/aromatic N) is 1. The van der Waals surface area contributed by atoms with Crippen molar-refractivity contribution in [3.63, 3.8) is 0 Å². The molecule has 0 radical (unpaired) electrons. The lowest BCUT2D eigenvalue weighted by molar-refractivity contribution is -0.120. The zero-order valence-corrected chi connectivity index (χ0v) is 19.3. The highest BCUT2D eigenvalue weighted by atomic mass is 35.5. The van der Waals surface area contributed by atoms with E-state index >= 15 is 0 Å². The van der Waals surface area contributed by atoms with E-state index in [0.29, 0.717) is 11.4 Å². The Morgan fingerprint density at radius 1 is 0.886 bits per heavy atom. The summed E-state index contributed by atoms with van der Waals surface area (Å²) in [5.41, 5.74) is 2.28. The first-order chi connectivity index (χ1) is 16.9. The van der Waals surface area contributed by atoms with E-state index < -0.39 is 17.8 Å². The van der Waals surface area contributed by atoms with Gasteiger partial charge in [0.05, 0.1) is 24.8 Å². The van der Waals surface area contributed by atoms with Crippen molar-refractivity contribution in [1.29, 1.82) is 0 Å². The van der Waals surface area contributed by atoms with Crippen molar-refractivity contribution >= 4 is 52.4 Å². The molecule has 0 fully saturated rings. The second-order valence-electron chi connectivity index (χ2n) is 7.59. The molecule has 3 amide bonds. The number of methoxy groups -OCH3 is 1. The van der Waals surface area contributed by atoms with E-state index in [-0.39, 0.29) is 34.3 Å². The molecule has 1 heterocycles. The Kier molecular flexibility index (Phi) is 6.93. The molecule has 0 aromatic heterocycles. The van der Waals surface area contributed by atoms with Gasteiger partial charge in [-0.25, -0.2) is 9.69 Å². The van der Waals surface area contributed by atoms with Crippen molar-refractivity contribution in [2.24, 2.45) is 0 Å². The molecule has 4 rings (SSSR count).